The monoisotopic (exact) mass is 602 g/mol. The number of benzene rings is 3. The molecule has 2 aliphatic rings. The normalized spacial score (nSPS) is 14.5. The first-order valence-electron chi connectivity index (χ1n) is 15.2. The molecule has 44 heavy (non-hydrogen) atoms. The third-order valence-corrected chi connectivity index (χ3v) is 8.29. The number of nitrogen functional groups attached to an aromatic ring is 1. The minimum atomic E-state index is -0.770. The van der Waals surface area contributed by atoms with Gasteiger partial charge in [0.25, 0.3) is 5.91 Å². The Hall–Kier alpha value is -4.19. The molecule has 0 aliphatic carbocycles. The highest BCUT2D eigenvalue weighted by atomic mass is 19.1. The number of morpholine rings is 1. The Morgan fingerprint density at radius 2 is 1.82 bits per heavy atom. The number of hydrogen-bond acceptors (Lipinski definition) is 8. The van der Waals surface area contributed by atoms with Crippen LogP contribution in [0.5, 0.6) is 11.5 Å². The number of anilines is 2. The quantitative estimate of drug-likeness (QED) is 0.153. The van der Waals surface area contributed by atoms with Crippen molar-refractivity contribution < 1.29 is 18.7 Å². The summed E-state index contributed by atoms with van der Waals surface area (Å²) in [5.74, 6) is -0.759. The van der Waals surface area contributed by atoms with E-state index in [0.29, 0.717) is 43.3 Å². The maximum Gasteiger partial charge on any atom is 0.256 e. The molecule has 0 atom stereocenters. The molecule has 2 aliphatic heterocycles. The smallest absolute Gasteiger partial charge is 0.256 e. The van der Waals surface area contributed by atoms with Crippen LogP contribution < -0.4 is 26.5 Å². The molecule has 1 aromatic heterocycles. The summed E-state index contributed by atoms with van der Waals surface area (Å²) in [7, 11) is 4.00. The van der Waals surface area contributed by atoms with Crippen molar-refractivity contribution in [3.63, 3.8) is 0 Å². The van der Waals surface area contributed by atoms with Crippen LogP contribution in [0, 0.1) is 5.82 Å². The highest BCUT2D eigenvalue weighted by molar-refractivity contribution is 6.06. The number of nitrogens with one attached hydrogen (secondary N) is 2. The van der Waals surface area contributed by atoms with Gasteiger partial charge in [0.2, 0.25) is 5.43 Å². The van der Waals surface area contributed by atoms with Gasteiger partial charge in [-0.15, -0.1) is 0 Å². The number of hydrogen-bond donors (Lipinski definition) is 3. The highest BCUT2D eigenvalue weighted by Crippen LogP contribution is 2.47. The fourth-order valence-corrected chi connectivity index (χ4v) is 5.94. The highest BCUT2D eigenvalue weighted by Gasteiger charge is 2.31. The summed E-state index contributed by atoms with van der Waals surface area (Å²) >= 11 is 0. The first kappa shape index (κ1) is 29.9. The maximum atomic E-state index is 16.1. The number of carbonyl (C=O) groups is 1. The lowest BCUT2D eigenvalue weighted by atomic mass is 10.0. The fraction of sp³-hybridized carbons (Fsp3) is 0.394. The first-order valence-corrected chi connectivity index (χ1v) is 15.2. The molecular weight excluding hydrogens is 563 g/mol. The zero-order valence-corrected chi connectivity index (χ0v) is 25.2. The van der Waals surface area contributed by atoms with Gasteiger partial charge in [0.15, 0.2) is 17.3 Å². The lowest BCUT2D eigenvalue weighted by Crippen LogP contribution is -2.37. The molecule has 4 aromatic rings. The van der Waals surface area contributed by atoms with Crippen LogP contribution in [-0.2, 0) is 4.74 Å². The number of ether oxygens (including phenoxy) is 2. The topological polar surface area (TPSA) is 114 Å². The van der Waals surface area contributed by atoms with E-state index in [9.17, 15) is 9.59 Å². The molecule has 1 amide bonds. The van der Waals surface area contributed by atoms with Crippen molar-refractivity contribution in [2.75, 3.05) is 77.6 Å². The fourth-order valence-electron chi connectivity index (χ4n) is 5.94. The van der Waals surface area contributed by atoms with E-state index in [4.69, 9.17) is 15.2 Å². The summed E-state index contributed by atoms with van der Waals surface area (Å²) in [6.07, 6.45) is 3.91. The van der Waals surface area contributed by atoms with Gasteiger partial charge in [0.1, 0.15) is 16.8 Å². The van der Waals surface area contributed by atoms with Crippen LogP contribution in [0.1, 0.15) is 29.6 Å². The van der Waals surface area contributed by atoms with Crippen molar-refractivity contribution in [3.05, 3.63) is 64.2 Å². The van der Waals surface area contributed by atoms with Crippen LogP contribution in [0.3, 0.4) is 0 Å². The zero-order valence-electron chi connectivity index (χ0n) is 25.2. The van der Waals surface area contributed by atoms with Crippen LogP contribution >= 0.6 is 0 Å². The minimum Gasteiger partial charge on any atom is -0.451 e. The number of unbranched alkanes of at least 4 members (excludes halogenated alkanes) is 1. The number of aromatic nitrogens is 1. The number of rotatable bonds is 11. The van der Waals surface area contributed by atoms with Crippen molar-refractivity contribution in [1.82, 2.24) is 19.7 Å². The van der Waals surface area contributed by atoms with Gasteiger partial charge in [0, 0.05) is 32.4 Å². The Morgan fingerprint density at radius 3 is 2.57 bits per heavy atom. The SMILES string of the molecule is CN(C)CCCCNC(=O)c1cn2c3c(c(N)c(F)c(NCCCN4CCOCC4)c3c1=O)Oc1cc3ccccc3cc1-2. The Bertz CT molecular complexity index is 1770. The van der Waals surface area contributed by atoms with E-state index in [1.807, 2.05) is 50.5 Å². The number of pyridine rings is 1. The summed E-state index contributed by atoms with van der Waals surface area (Å²) in [4.78, 5) is 31.9. The van der Waals surface area contributed by atoms with E-state index in [1.165, 1.54) is 6.20 Å². The third kappa shape index (κ3) is 5.82. The van der Waals surface area contributed by atoms with Crippen molar-refractivity contribution >= 4 is 39.0 Å². The van der Waals surface area contributed by atoms with Crippen molar-refractivity contribution in [1.29, 1.82) is 0 Å². The van der Waals surface area contributed by atoms with E-state index in [0.717, 1.165) is 56.2 Å². The van der Waals surface area contributed by atoms with Gasteiger partial charge in [-0.2, -0.15) is 0 Å². The van der Waals surface area contributed by atoms with Crippen molar-refractivity contribution in [2.45, 2.75) is 19.3 Å². The largest absolute Gasteiger partial charge is 0.451 e. The molecule has 0 saturated carbocycles. The summed E-state index contributed by atoms with van der Waals surface area (Å²) in [6.45, 7) is 5.62. The molecule has 0 bridgehead atoms. The van der Waals surface area contributed by atoms with Gasteiger partial charge in [-0.25, -0.2) is 4.39 Å². The molecule has 1 fully saturated rings. The van der Waals surface area contributed by atoms with Crippen LogP contribution in [0.2, 0.25) is 0 Å². The lowest BCUT2D eigenvalue weighted by Gasteiger charge is -2.28. The van der Waals surface area contributed by atoms with E-state index in [-0.39, 0.29) is 28.1 Å². The van der Waals surface area contributed by atoms with Crippen LogP contribution in [-0.4, -0.2) is 86.9 Å². The van der Waals surface area contributed by atoms with Crippen molar-refractivity contribution in [2.24, 2.45) is 0 Å². The number of nitrogens with two attached hydrogens (primary N) is 1. The second-order valence-corrected chi connectivity index (χ2v) is 11.7. The van der Waals surface area contributed by atoms with Gasteiger partial charge >= 0.3 is 0 Å². The summed E-state index contributed by atoms with van der Waals surface area (Å²) in [5, 5.41) is 7.97. The molecule has 11 heteroatoms. The second kappa shape index (κ2) is 12.8. The maximum absolute atomic E-state index is 16.1. The molecule has 3 heterocycles. The molecule has 1 saturated heterocycles. The first-order chi connectivity index (χ1) is 21.3. The Kier molecular flexibility index (Phi) is 8.69. The number of carbonyl (C=O) groups excluding carboxylic acids is 1. The molecule has 0 unspecified atom stereocenters. The molecule has 6 rings (SSSR count). The number of fused-ring (bicyclic) bond motifs is 3. The lowest BCUT2D eigenvalue weighted by molar-refractivity contribution is 0.0378. The van der Waals surface area contributed by atoms with Crippen LogP contribution in [0.4, 0.5) is 15.8 Å². The number of amides is 1. The van der Waals surface area contributed by atoms with Gasteiger partial charge in [-0.05, 0) is 69.4 Å². The van der Waals surface area contributed by atoms with Crippen molar-refractivity contribution in [3.8, 4) is 17.2 Å². The summed E-state index contributed by atoms with van der Waals surface area (Å²) in [5.41, 5.74) is 6.45. The van der Waals surface area contributed by atoms with Crippen LogP contribution in [0.25, 0.3) is 27.4 Å². The standard InChI is InChI=1S/C33H39FN6O4/c1-38(2)12-6-5-10-37-33(42)23-20-40-24-18-21-8-3-4-9-22(21)19-25(24)44-32-28(35)27(34)29(26(30(32)40)31(23)41)36-11-7-13-39-14-16-43-17-15-39/h3-4,8-9,18-20,36H,5-7,10-17,35H2,1-2H3,(H,37,42). The predicted octanol–water partition coefficient (Wildman–Crippen LogP) is 4.18. The molecule has 10 nitrogen and oxygen atoms in total. The summed E-state index contributed by atoms with van der Waals surface area (Å²) in [6, 6.07) is 11.6. The van der Waals surface area contributed by atoms with E-state index < -0.39 is 17.2 Å². The molecule has 232 valence electrons. The van der Waals surface area contributed by atoms with E-state index >= 15 is 4.39 Å². The molecule has 0 spiro atoms. The van der Waals surface area contributed by atoms with Gasteiger partial charge in [-0.1, -0.05) is 24.3 Å². The number of halogens is 1. The minimum absolute atomic E-state index is 0.0181. The van der Waals surface area contributed by atoms with Gasteiger partial charge in [0.05, 0.1) is 30.0 Å². The molecule has 3 aromatic carbocycles. The average molecular weight is 603 g/mol. The summed E-state index contributed by atoms with van der Waals surface area (Å²) < 4.78 is 29.5. The van der Waals surface area contributed by atoms with E-state index in [2.05, 4.69) is 20.4 Å². The van der Waals surface area contributed by atoms with Gasteiger partial charge in [-0.3, -0.25) is 14.5 Å². The Labute approximate surface area is 255 Å². The zero-order chi connectivity index (χ0) is 30.8. The number of nitrogens with zero attached hydrogens (tertiary/aromatic N) is 3. The Balaban J connectivity index is 1.42. The second-order valence-electron chi connectivity index (χ2n) is 11.7. The Morgan fingerprint density at radius 1 is 1.07 bits per heavy atom. The molecular formula is C33H39FN6O4. The predicted molar refractivity (Wildman–Crippen MR) is 172 cm³/mol. The average Bonchev–Trinajstić information content (AvgIpc) is 3.02. The van der Waals surface area contributed by atoms with Crippen LogP contribution in [0.15, 0.2) is 47.4 Å². The van der Waals surface area contributed by atoms with E-state index in [1.54, 1.807) is 4.57 Å². The molecule has 0 radical (unpaired) electrons. The third-order valence-electron chi connectivity index (χ3n) is 8.29. The van der Waals surface area contributed by atoms with Gasteiger partial charge < -0.3 is 35.3 Å². The molecule has 4 N–H and O–H groups in total.